The summed E-state index contributed by atoms with van der Waals surface area (Å²) in [6.07, 6.45) is 4.52. The molecule has 0 radical (unpaired) electrons. The van der Waals surface area contributed by atoms with Crippen LogP contribution in [-0.2, 0) is 11.3 Å². The van der Waals surface area contributed by atoms with Crippen LogP contribution in [0.2, 0.25) is 0 Å². The number of rotatable bonds is 7. The van der Waals surface area contributed by atoms with E-state index in [1.54, 1.807) is 23.9 Å². The van der Waals surface area contributed by atoms with Crippen molar-refractivity contribution >= 4 is 28.0 Å². The lowest BCUT2D eigenvalue weighted by Gasteiger charge is -2.11. The van der Waals surface area contributed by atoms with Crippen LogP contribution in [0.4, 0.5) is 0 Å². The monoisotopic (exact) mass is 452 g/mol. The summed E-state index contributed by atoms with van der Waals surface area (Å²) in [5.74, 6) is -0.0730. The van der Waals surface area contributed by atoms with Gasteiger partial charge in [0.05, 0.1) is 35.5 Å². The Balaban J connectivity index is 1.68. The average Bonchev–Trinajstić information content (AvgIpc) is 3.17. The summed E-state index contributed by atoms with van der Waals surface area (Å²) in [6, 6.07) is 15.0. The number of hydrogen-bond acceptors (Lipinski definition) is 6. The minimum Gasteiger partial charge on any atom is -0.490 e. The van der Waals surface area contributed by atoms with E-state index in [1.807, 2.05) is 36.4 Å². The SMILES string of the molecule is CCOc1cc(C#N)cc(Br)c1OC(=O)/C=C/c1cn(Cc2ccccc2)nn1. The van der Waals surface area contributed by atoms with Gasteiger partial charge in [0.1, 0.15) is 5.69 Å². The topological polar surface area (TPSA) is 90.0 Å². The van der Waals surface area contributed by atoms with Gasteiger partial charge in [-0.05, 0) is 40.6 Å². The van der Waals surface area contributed by atoms with E-state index in [0.717, 1.165) is 5.56 Å². The number of aromatic nitrogens is 3. The molecule has 0 atom stereocenters. The summed E-state index contributed by atoms with van der Waals surface area (Å²) < 4.78 is 13.0. The Labute approximate surface area is 176 Å². The Morgan fingerprint density at radius 1 is 1.31 bits per heavy atom. The van der Waals surface area contributed by atoms with Crippen LogP contribution < -0.4 is 9.47 Å². The molecule has 7 nitrogen and oxygen atoms in total. The summed E-state index contributed by atoms with van der Waals surface area (Å²) in [5.41, 5.74) is 2.02. The Hall–Kier alpha value is -3.44. The summed E-state index contributed by atoms with van der Waals surface area (Å²) in [5, 5.41) is 17.1. The predicted octanol–water partition coefficient (Wildman–Crippen LogP) is 3.98. The number of benzene rings is 2. The molecule has 1 heterocycles. The first-order chi connectivity index (χ1) is 14.1. The third kappa shape index (κ3) is 5.53. The first-order valence-corrected chi connectivity index (χ1v) is 9.58. The van der Waals surface area contributed by atoms with Crippen LogP contribution in [0.3, 0.4) is 0 Å². The molecule has 146 valence electrons. The van der Waals surface area contributed by atoms with E-state index in [-0.39, 0.29) is 5.75 Å². The van der Waals surface area contributed by atoms with Gasteiger partial charge in [-0.2, -0.15) is 5.26 Å². The first kappa shape index (κ1) is 20.3. The van der Waals surface area contributed by atoms with E-state index in [2.05, 4.69) is 26.2 Å². The fourth-order valence-corrected chi connectivity index (χ4v) is 3.04. The summed E-state index contributed by atoms with van der Waals surface area (Å²) in [4.78, 5) is 12.2. The molecule has 3 aromatic rings. The van der Waals surface area contributed by atoms with E-state index < -0.39 is 5.97 Å². The van der Waals surface area contributed by atoms with Crippen molar-refractivity contribution in [2.24, 2.45) is 0 Å². The Bertz CT molecular complexity index is 1070. The number of nitriles is 1. The highest BCUT2D eigenvalue weighted by Gasteiger charge is 2.15. The molecule has 3 rings (SSSR count). The quantitative estimate of drug-likeness (QED) is 0.306. The third-order valence-corrected chi connectivity index (χ3v) is 4.36. The van der Waals surface area contributed by atoms with Crippen molar-refractivity contribution in [3.8, 4) is 17.6 Å². The first-order valence-electron chi connectivity index (χ1n) is 8.79. The zero-order valence-corrected chi connectivity index (χ0v) is 17.2. The van der Waals surface area contributed by atoms with Crippen LogP contribution in [-0.4, -0.2) is 27.6 Å². The molecular weight excluding hydrogens is 436 g/mol. The Morgan fingerprint density at radius 2 is 2.10 bits per heavy atom. The number of carbonyl (C=O) groups excluding carboxylic acids is 1. The Morgan fingerprint density at radius 3 is 2.83 bits per heavy atom. The van der Waals surface area contributed by atoms with Gasteiger partial charge in [0.15, 0.2) is 11.5 Å². The molecule has 0 N–H and O–H groups in total. The summed E-state index contributed by atoms with van der Waals surface area (Å²) in [6.45, 7) is 2.76. The van der Waals surface area contributed by atoms with Gasteiger partial charge < -0.3 is 9.47 Å². The third-order valence-electron chi connectivity index (χ3n) is 3.78. The van der Waals surface area contributed by atoms with Crippen LogP contribution in [0.1, 0.15) is 23.7 Å². The second kappa shape index (κ2) is 9.66. The number of hydrogen-bond donors (Lipinski definition) is 0. The number of nitrogens with zero attached hydrogens (tertiary/aromatic N) is 4. The van der Waals surface area contributed by atoms with Crippen molar-refractivity contribution < 1.29 is 14.3 Å². The van der Waals surface area contributed by atoms with E-state index in [0.29, 0.717) is 34.6 Å². The van der Waals surface area contributed by atoms with Gasteiger partial charge in [-0.15, -0.1) is 5.10 Å². The number of esters is 1. The van der Waals surface area contributed by atoms with E-state index in [4.69, 9.17) is 14.7 Å². The normalized spacial score (nSPS) is 10.7. The van der Waals surface area contributed by atoms with Crippen molar-refractivity contribution in [1.82, 2.24) is 15.0 Å². The highest BCUT2D eigenvalue weighted by atomic mass is 79.9. The van der Waals surface area contributed by atoms with E-state index in [1.165, 1.54) is 18.2 Å². The zero-order valence-electron chi connectivity index (χ0n) is 15.6. The maximum Gasteiger partial charge on any atom is 0.336 e. The predicted molar refractivity (Wildman–Crippen MR) is 110 cm³/mol. The minimum atomic E-state index is -0.603. The lowest BCUT2D eigenvalue weighted by molar-refractivity contribution is -0.129. The van der Waals surface area contributed by atoms with E-state index >= 15 is 0 Å². The van der Waals surface area contributed by atoms with Gasteiger partial charge in [-0.25, -0.2) is 9.48 Å². The van der Waals surface area contributed by atoms with Crippen LogP contribution in [0.25, 0.3) is 6.08 Å². The van der Waals surface area contributed by atoms with Gasteiger partial charge in [-0.1, -0.05) is 35.5 Å². The molecule has 1 aromatic heterocycles. The average molecular weight is 453 g/mol. The highest BCUT2D eigenvalue weighted by molar-refractivity contribution is 9.10. The summed E-state index contributed by atoms with van der Waals surface area (Å²) in [7, 11) is 0. The fraction of sp³-hybridized carbons (Fsp3) is 0.143. The van der Waals surface area contributed by atoms with Gasteiger partial charge >= 0.3 is 5.97 Å². The van der Waals surface area contributed by atoms with Crippen molar-refractivity contribution in [1.29, 1.82) is 5.26 Å². The standard InChI is InChI=1S/C21H17BrN4O3/c1-2-28-19-11-16(12-23)10-18(22)21(19)29-20(27)9-8-17-14-26(25-24-17)13-15-6-4-3-5-7-15/h3-11,14H,2,13H2,1H3/b9-8+. The molecule has 0 saturated carbocycles. The molecular formula is C21H17BrN4O3. The molecule has 0 aliphatic heterocycles. The van der Waals surface area contributed by atoms with Crippen molar-refractivity contribution in [2.45, 2.75) is 13.5 Å². The lowest BCUT2D eigenvalue weighted by atomic mass is 10.2. The van der Waals surface area contributed by atoms with Crippen LogP contribution in [0.5, 0.6) is 11.5 Å². The molecule has 0 fully saturated rings. The minimum absolute atomic E-state index is 0.216. The molecule has 2 aromatic carbocycles. The second-order valence-electron chi connectivity index (χ2n) is 5.91. The Kier molecular flexibility index (Phi) is 6.76. The smallest absolute Gasteiger partial charge is 0.336 e. The molecule has 8 heteroatoms. The number of ether oxygens (including phenoxy) is 2. The second-order valence-corrected chi connectivity index (χ2v) is 6.77. The molecule has 0 bridgehead atoms. The van der Waals surface area contributed by atoms with Crippen LogP contribution in [0, 0.1) is 11.3 Å². The van der Waals surface area contributed by atoms with Crippen molar-refractivity contribution in [2.75, 3.05) is 6.61 Å². The molecule has 0 aliphatic rings. The van der Waals surface area contributed by atoms with Gasteiger partial charge in [-0.3, -0.25) is 0 Å². The molecule has 0 unspecified atom stereocenters. The maximum absolute atomic E-state index is 12.2. The molecule has 0 aliphatic carbocycles. The summed E-state index contributed by atoms with van der Waals surface area (Å²) >= 11 is 3.31. The van der Waals surface area contributed by atoms with Crippen LogP contribution in [0.15, 0.2) is 59.2 Å². The van der Waals surface area contributed by atoms with Gasteiger partial charge in [0.25, 0.3) is 0 Å². The molecule has 29 heavy (non-hydrogen) atoms. The molecule has 0 saturated heterocycles. The van der Waals surface area contributed by atoms with E-state index in [9.17, 15) is 4.79 Å². The fourth-order valence-electron chi connectivity index (χ4n) is 2.52. The van der Waals surface area contributed by atoms with Gasteiger partial charge in [0.2, 0.25) is 0 Å². The van der Waals surface area contributed by atoms with Gasteiger partial charge in [0, 0.05) is 12.1 Å². The largest absolute Gasteiger partial charge is 0.490 e. The molecule has 0 spiro atoms. The number of carbonyl (C=O) groups is 1. The lowest BCUT2D eigenvalue weighted by Crippen LogP contribution is -2.07. The maximum atomic E-state index is 12.2. The van der Waals surface area contributed by atoms with Crippen LogP contribution >= 0.6 is 15.9 Å². The highest BCUT2D eigenvalue weighted by Crippen LogP contribution is 2.37. The van der Waals surface area contributed by atoms with Crippen molar-refractivity contribution in [3.63, 3.8) is 0 Å². The number of halogens is 1. The molecule has 0 amide bonds. The zero-order chi connectivity index (χ0) is 20.6. The van der Waals surface area contributed by atoms with Crippen molar-refractivity contribution in [3.05, 3.63) is 76.0 Å².